The van der Waals surface area contributed by atoms with Gasteiger partial charge in [-0.1, -0.05) is 30.3 Å². The number of rotatable bonds is 7. The average molecular weight is 462 g/mol. The Hall–Kier alpha value is -3.39. The van der Waals surface area contributed by atoms with Gasteiger partial charge in [-0.3, -0.25) is 9.59 Å². The zero-order valence-electron chi connectivity index (χ0n) is 19.2. The Morgan fingerprint density at radius 2 is 1.76 bits per heavy atom. The Morgan fingerprint density at radius 1 is 1.06 bits per heavy atom. The van der Waals surface area contributed by atoms with Gasteiger partial charge in [0, 0.05) is 11.4 Å². The summed E-state index contributed by atoms with van der Waals surface area (Å²) < 4.78 is 2.99. The molecule has 0 fully saturated rings. The minimum atomic E-state index is -0.748. The van der Waals surface area contributed by atoms with E-state index < -0.39 is 6.04 Å². The molecular weight excluding hydrogens is 434 g/mol. The summed E-state index contributed by atoms with van der Waals surface area (Å²) in [4.78, 5) is 27.2. The van der Waals surface area contributed by atoms with Gasteiger partial charge < -0.3 is 5.32 Å². The molecule has 7 nitrogen and oxygen atoms in total. The van der Waals surface area contributed by atoms with Crippen LogP contribution in [-0.4, -0.2) is 38.3 Å². The van der Waals surface area contributed by atoms with Gasteiger partial charge in [0.15, 0.2) is 5.52 Å². The first-order valence-electron chi connectivity index (χ1n) is 10.9. The number of para-hydroxylation sites is 1. The molecule has 0 bridgehead atoms. The van der Waals surface area contributed by atoms with Crippen molar-refractivity contribution in [1.82, 2.24) is 24.9 Å². The van der Waals surface area contributed by atoms with E-state index in [1.165, 1.54) is 9.58 Å². The molecule has 0 unspecified atom stereocenters. The summed E-state index contributed by atoms with van der Waals surface area (Å²) in [6, 6.07) is 17.2. The second-order valence-corrected chi connectivity index (χ2v) is 8.84. The van der Waals surface area contributed by atoms with E-state index in [9.17, 15) is 9.59 Å². The highest BCUT2D eigenvalue weighted by molar-refractivity contribution is 7.98. The van der Waals surface area contributed by atoms with Gasteiger partial charge in [-0.25, -0.2) is 9.36 Å². The Balaban J connectivity index is 1.55. The molecule has 8 heteroatoms. The quantitative estimate of drug-likeness (QED) is 0.423. The molecule has 0 radical (unpaired) electrons. The van der Waals surface area contributed by atoms with Gasteiger partial charge in [-0.2, -0.15) is 10.2 Å². The number of hydrogen-bond donors (Lipinski definition) is 1. The van der Waals surface area contributed by atoms with E-state index in [1.54, 1.807) is 23.4 Å². The summed E-state index contributed by atoms with van der Waals surface area (Å²) in [6.07, 6.45) is 2.76. The van der Waals surface area contributed by atoms with Gasteiger partial charge in [-0.05, 0) is 63.3 Å². The van der Waals surface area contributed by atoms with Crippen LogP contribution >= 0.6 is 11.8 Å². The number of carbonyl (C=O) groups excluding carboxylic acids is 1. The van der Waals surface area contributed by atoms with E-state index in [-0.39, 0.29) is 11.5 Å². The van der Waals surface area contributed by atoms with E-state index in [0.717, 1.165) is 22.3 Å². The lowest BCUT2D eigenvalue weighted by Gasteiger charge is -2.15. The maximum atomic E-state index is 13.2. The van der Waals surface area contributed by atoms with E-state index in [2.05, 4.69) is 39.8 Å². The molecule has 2 aromatic carbocycles. The largest absolute Gasteiger partial charge is 0.354 e. The first-order valence-corrected chi connectivity index (χ1v) is 12.1. The Kier molecular flexibility index (Phi) is 6.65. The maximum absolute atomic E-state index is 13.2. The highest BCUT2D eigenvalue weighted by atomic mass is 32.2. The average Bonchev–Trinajstić information content (AvgIpc) is 3.20. The molecule has 1 N–H and O–H groups in total. The molecule has 0 aliphatic rings. The van der Waals surface area contributed by atoms with Crippen molar-refractivity contribution in [2.24, 2.45) is 0 Å². The zero-order valence-corrected chi connectivity index (χ0v) is 20.0. The summed E-state index contributed by atoms with van der Waals surface area (Å²) in [6.45, 7) is 5.93. The fourth-order valence-corrected chi connectivity index (χ4v) is 4.32. The number of fused-ring (bicyclic) bond motifs is 1. The van der Waals surface area contributed by atoms with Crippen molar-refractivity contribution >= 4 is 28.6 Å². The van der Waals surface area contributed by atoms with Crippen molar-refractivity contribution in [3.63, 3.8) is 0 Å². The SMILES string of the molecule is CSc1ccc(CCNC(=O)[C@@H](C)n2nc(C)c3c(C)n(-c4ccccc4)nc3c2=O)cc1. The van der Waals surface area contributed by atoms with Crippen molar-refractivity contribution in [3.05, 3.63) is 81.9 Å². The fourth-order valence-electron chi connectivity index (χ4n) is 3.91. The lowest BCUT2D eigenvalue weighted by molar-refractivity contribution is -0.124. The monoisotopic (exact) mass is 461 g/mol. The van der Waals surface area contributed by atoms with E-state index in [4.69, 9.17) is 0 Å². The van der Waals surface area contributed by atoms with Crippen LogP contribution in [-0.2, 0) is 11.2 Å². The molecule has 170 valence electrons. The third-order valence-electron chi connectivity index (χ3n) is 5.77. The molecule has 2 aromatic heterocycles. The summed E-state index contributed by atoms with van der Waals surface area (Å²) in [5.74, 6) is -0.247. The molecule has 4 rings (SSSR count). The molecule has 0 aliphatic heterocycles. The number of nitrogens with one attached hydrogen (secondary N) is 1. The van der Waals surface area contributed by atoms with Crippen LogP contribution in [0.4, 0.5) is 0 Å². The molecule has 0 saturated heterocycles. The normalized spacial score (nSPS) is 12.1. The summed E-state index contributed by atoms with van der Waals surface area (Å²) >= 11 is 1.70. The summed E-state index contributed by atoms with van der Waals surface area (Å²) in [7, 11) is 0. The van der Waals surface area contributed by atoms with Crippen LogP contribution in [0.25, 0.3) is 16.6 Å². The van der Waals surface area contributed by atoms with E-state index >= 15 is 0 Å². The Labute approximate surface area is 196 Å². The number of carbonyl (C=O) groups is 1. The lowest BCUT2D eigenvalue weighted by Crippen LogP contribution is -2.38. The minimum absolute atomic E-state index is 0.247. The van der Waals surface area contributed by atoms with Crippen molar-refractivity contribution in [2.45, 2.75) is 38.1 Å². The van der Waals surface area contributed by atoms with Crippen molar-refractivity contribution in [1.29, 1.82) is 0 Å². The summed E-state index contributed by atoms with van der Waals surface area (Å²) in [5.41, 5.74) is 3.47. The predicted molar refractivity (Wildman–Crippen MR) is 132 cm³/mol. The third-order valence-corrected chi connectivity index (χ3v) is 6.51. The van der Waals surface area contributed by atoms with Crippen LogP contribution in [0.3, 0.4) is 0 Å². The van der Waals surface area contributed by atoms with Crippen LogP contribution in [0.1, 0.15) is 29.9 Å². The molecule has 0 spiro atoms. The molecule has 4 aromatic rings. The van der Waals surface area contributed by atoms with Crippen molar-refractivity contribution in [3.8, 4) is 5.69 Å². The number of aromatic nitrogens is 4. The number of thioether (sulfide) groups is 1. The van der Waals surface area contributed by atoms with Crippen LogP contribution in [0.5, 0.6) is 0 Å². The number of benzene rings is 2. The number of aryl methyl sites for hydroxylation is 2. The molecule has 0 saturated carbocycles. The predicted octanol–water partition coefficient (Wildman–Crippen LogP) is 3.84. The smallest absolute Gasteiger partial charge is 0.295 e. The molecule has 1 atom stereocenters. The Bertz CT molecular complexity index is 1340. The zero-order chi connectivity index (χ0) is 23.5. The van der Waals surface area contributed by atoms with Crippen LogP contribution < -0.4 is 10.9 Å². The first-order chi connectivity index (χ1) is 15.9. The number of amides is 1. The number of nitrogens with zero attached hydrogens (tertiary/aromatic N) is 4. The molecule has 1 amide bonds. The van der Waals surface area contributed by atoms with Gasteiger partial charge in [0.1, 0.15) is 6.04 Å². The molecule has 0 aliphatic carbocycles. The van der Waals surface area contributed by atoms with Gasteiger partial charge in [0.25, 0.3) is 5.56 Å². The third kappa shape index (κ3) is 4.57. The van der Waals surface area contributed by atoms with Crippen molar-refractivity contribution in [2.75, 3.05) is 12.8 Å². The van der Waals surface area contributed by atoms with Crippen LogP contribution in [0.15, 0.2) is 64.3 Å². The highest BCUT2D eigenvalue weighted by Crippen LogP contribution is 2.21. The molecular formula is C25H27N5O2S. The van der Waals surface area contributed by atoms with Gasteiger partial charge in [0.05, 0.1) is 22.5 Å². The van der Waals surface area contributed by atoms with Crippen molar-refractivity contribution < 1.29 is 4.79 Å². The topological polar surface area (TPSA) is 81.8 Å². The Morgan fingerprint density at radius 3 is 2.42 bits per heavy atom. The second-order valence-electron chi connectivity index (χ2n) is 7.96. The van der Waals surface area contributed by atoms with Gasteiger partial charge >= 0.3 is 0 Å². The second kappa shape index (κ2) is 9.62. The highest BCUT2D eigenvalue weighted by Gasteiger charge is 2.23. The first kappa shape index (κ1) is 22.8. The fraction of sp³-hybridized carbons (Fsp3) is 0.280. The standard InChI is InChI=1S/C25H27N5O2S/c1-16-22-17(2)29(20-8-6-5-7-9-20)28-23(22)25(32)30(27-16)18(3)24(31)26-15-14-19-10-12-21(33-4)13-11-19/h5-13,18H,14-15H2,1-4H3,(H,26,31)/t18-/m1/s1. The van der Waals surface area contributed by atoms with E-state index in [0.29, 0.717) is 24.2 Å². The molecule has 33 heavy (non-hydrogen) atoms. The lowest BCUT2D eigenvalue weighted by atomic mass is 10.1. The minimum Gasteiger partial charge on any atom is -0.354 e. The molecule has 2 heterocycles. The summed E-state index contributed by atoms with van der Waals surface area (Å²) in [5, 5.41) is 12.7. The van der Waals surface area contributed by atoms with Gasteiger partial charge in [0.2, 0.25) is 5.91 Å². The van der Waals surface area contributed by atoms with E-state index in [1.807, 2.05) is 50.4 Å². The number of hydrogen-bond acceptors (Lipinski definition) is 5. The van der Waals surface area contributed by atoms with Gasteiger partial charge in [-0.15, -0.1) is 11.8 Å². The van der Waals surface area contributed by atoms with Crippen LogP contribution in [0.2, 0.25) is 0 Å². The maximum Gasteiger partial charge on any atom is 0.295 e. The van der Waals surface area contributed by atoms with Crippen LogP contribution in [0, 0.1) is 13.8 Å².